The molecule has 4 aromatic rings. The van der Waals surface area contributed by atoms with E-state index in [1.165, 1.54) is 12.1 Å². The van der Waals surface area contributed by atoms with Crippen molar-refractivity contribution in [2.45, 2.75) is 52.5 Å². The number of halogens is 2. The third-order valence-electron chi connectivity index (χ3n) is 6.89. The van der Waals surface area contributed by atoms with Gasteiger partial charge >= 0.3 is 5.97 Å². The van der Waals surface area contributed by atoms with Gasteiger partial charge in [0, 0.05) is 18.7 Å². The molecule has 0 spiro atoms. The molecule has 0 atom stereocenters. The van der Waals surface area contributed by atoms with Crippen molar-refractivity contribution in [2.75, 3.05) is 13.1 Å². The predicted molar refractivity (Wildman–Crippen MR) is 156 cm³/mol. The maximum Gasteiger partial charge on any atom is 0.338 e. The van der Waals surface area contributed by atoms with Gasteiger partial charge in [0.25, 0.3) is 5.88 Å². The van der Waals surface area contributed by atoms with Gasteiger partial charge in [-0.3, -0.25) is 4.90 Å². The number of hydrogen-bond acceptors (Lipinski definition) is 9. The first kappa shape index (κ1) is 30.3. The average Bonchev–Trinajstić information content (AvgIpc) is 3.32. The molecule has 0 unspecified atom stereocenters. The largest absolute Gasteiger partial charge is 0.471 e. The zero-order chi connectivity index (χ0) is 31.4. The minimum Gasteiger partial charge on any atom is -0.471 e. The fourth-order valence-electron chi connectivity index (χ4n) is 4.75. The van der Waals surface area contributed by atoms with Gasteiger partial charge in [-0.2, -0.15) is 19.9 Å². The average molecular weight is 598 g/mol. The van der Waals surface area contributed by atoms with Crippen LogP contribution in [0.15, 0.2) is 48.7 Å². The van der Waals surface area contributed by atoms with Crippen molar-refractivity contribution in [1.82, 2.24) is 24.4 Å². The van der Waals surface area contributed by atoms with Gasteiger partial charge in [0.2, 0.25) is 5.82 Å². The van der Waals surface area contributed by atoms with Crippen molar-refractivity contribution in [2.24, 2.45) is 0 Å². The number of benzene rings is 2. The van der Waals surface area contributed by atoms with E-state index in [1.54, 1.807) is 43.5 Å². The molecule has 2 aromatic heterocycles. The molecule has 0 radical (unpaired) electrons. The SMILES string of the molecule is CC(C)(C)OC(=O)c1ccc2nc(CN3CC=C(c4ncc(F)c(OCc5ccc(C#N)cc5F)n4)CC3)n(CC#N)c2c1. The van der Waals surface area contributed by atoms with Crippen molar-refractivity contribution in [3.8, 4) is 18.0 Å². The minimum absolute atomic E-state index is 0.0666. The molecule has 44 heavy (non-hydrogen) atoms. The summed E-state index contributed by atoms with van der Waals surface area (Å²) in [6.07, 6.45) is 3.53. The first-order valence-electron chi connectivity index (χ1n) is 13.9. The van der Waals surface area contributed by atoms with Gasteiger partial charge in [0.1, 0.15) is 30.4 Å². The highest BCUT2D eigenvalue weighted by atomic mass is 19.1. The lowest BCUT2D eigenvalue weighted by molar-refractivity contribution is 0.00696. The first-order chi connectivity index (χ1) is 21.0. The van der Waals surface area contributed by atoms with Crippen LogP contribution in [0.1, 0.15) is 60.3 Å². The number of rotatable bonds is 8. The zero-order valence-electron chi connectivity index (χ0n) is 24.5. The number of nitrogens with zero attached hydrogens (tertiary/aromatic N) is 7. The van der Waals surface area contributed by atoms with Crippen LogP contribution in [0.2, 0.25) is 0 Å². The highest BCUT2D eigenvalue weighted by molar-refractivity contribution is 5.94. The molecule has 0 N–H and O–H groups in total. The van der Waals surface area contributed by atoms with Crippen molar-refractivity contribution in [3.63, 3.8) is 0 Å². The molecular weight excluding hydrogens is 568 g/mol. The topological polar surface area (TPSA) is 130 Å². The Morgan fingerprint density at radius 3 is 2.59 bits per heavy atom. The minimum atomic E-state index is -0.771. The van der Waals surface area contributed by atoms with Gasteiger partial charge in [-0.25, -0.2) is 19.2 Å². The van der Waals surface area contributed by atoms with E-state index < -0.39 is 23.2 Å². The molecule has 2 aromatic carbocycles. The van der Waals surface area contributed by atoms with Gasteiger partial charge in [0.05, 0.1) is 47.0 Å². The molecule has 12 heteroatoms. The zero-order valence-corrected chi connectivity index (χ0v) is 24.5. The highest BCUT2D eigenvalue weighted by Gasteiger charge is 2.22. The highest BCUT2D eigenvalue weighted by Crippen LogP contribution is 2.26. The van der Waals surface area contributed by atoms with Gasteiger partial charge in [-0.15, -0.1) is 0 Å². The Morgan fingerprint density at radius 1 is 1.09 bits per heavy atom. The van der Waals surface area contributed by atoms with Crippen LogP contribution in [0.25, 0.3) is 16.6 Å². The maximum atomic E-state index is 14.4. The Balaban J connectivity index is 1.29. The molecule has 5 rings (SSSR count). The van der Waals surface area contributed by atoms with Crippen LogP contribution < -0.4 is 4.74 Å². The molecule has 0 saturated heterocycles. The molecule has 10 nitrogen and oxygen atoms in total. The summed E-state index contributed by atoms with van der Waals surface area (Å²) in [5, 5.41) is 18.4. The second kappa shape index (κ2) is 12.6. The molecule has 224 valence electrons. The Bertz CT molecular complexity index is 1850. The van der Waals surface area contributed by atoms with E-state index in [-0.39, 0.29) is 30.2 Å². The Morgan fingerprint density at radius 2 is 1.91 bits per heavy atom. The second-order valence-corrected chi connectivity index (χ2v) is 11.2. The summed E-state index contributed by atoms with van der Waals surface area (Å²) in [4.78, 5) is 27.9. The van der Waals surface area contributed by atoms with Crippen LogP contribution in [0.3, 0.4) is 0 Å². The van der Waals surface area contributed by atoms with Crippen LogP contribution >= 0.6 is 0 Å². The Labute approximate surface area is 252 Å². The normalized spacial score (nSPS) is 13.7. The van der Waals surface area contributed by atoms with E-state index in [4.69, 9.17) is 19.7 Å². The van der Waals surface area contributed by atoms with Crippen molar-refractivity contribution < 1.29 is 23.0 Å². The van der Waals surface area contributed by atoms with Crippen LogP contribution in [0.4, 0.5) is 8.78 Å². The fourth-order valence-corrected chi connectivity index (χ4v) is 4.75. The second-order valence-electron chi connectivity index (χ2n) is 11.2. The maximum absolute atomic E-state index is 14.4. The van der Waals surface area contributed by atoms with Gasteiger partial charge in [-0.05, 0) is 63.1 Å². The fraction of sp³-hybridized carbons (Fsp3) is 0.312. The lowest BCUT2D eigenvalue weighted by Gasteiger charge is -2.25. The first-order valence-corrected chi connectivity index (χ1v) is 13.9. The summed E-state index contributed by atoms with van der Waals surface area (Å²) in [6, 6.07) is 13.1. The lowest BCUT2D eigenvalue weighted by Crippen LogP contribution is -2.29. The van der Waals surface area contributed by atoms with Crippen LogP contribution in [0.5, 0.6) is 5.88 Å². The number of nitriles is 2. The van der Waals surface area contributed by atoms with Crippen molar-refractivity contribution in [1.29, 1.82) is 10.5 Å². The lowest BCUT2D eigenvalue weighted by atomic mass is 10.1. The number of aromatic nitrogens is 4. The summed E-state index contributed by atoms with van der Waals surface area (Å²) in [5.41, 5.74) is 2.24. The predicted octanol–water partition coefficient (Wildman–Crippen LogP) is 5.32. The Hall–Kier alpha value is -5.20. The number of esters is 1. The van der Waals surface area contributed by atoms with Crippen molar-refractivity contribution in [3.05, 3.63) is 88.6 Å². The number of carbonyl (C=O) groups is 1. The summed E-state index contributed by atoms with van der Waals surface area (Å²) in [6.45, 7) is 6.82. The van der Waals surface area contributed by atoms with Gasteiger partial charge in [-0.1, -0.05) is 12.1 Å². The van der Waals surface area contributed by atoms with E-state index in [1.807, 2.05) is 12.1 Å². The van der Waals surface area contributed by atoms with Gasteiger partial charge in [0.15, 0.2) is 5.82 Å². The van der Waals surface area contributed by atoms with E-state index >= 15 is 0 Å². The molecular formula is C32H29F2N7O3. The smallest absolute Gasteiger partial charge is 0.338 e. The third kappa shape index (κ3) is 6.88. The molecule has 0 bridgehead atoms. The van der Waals surface area contributed by atoms with Crippen molar-refractivity contribution >= 4 is 22.6 Å². The number of carbonyl (C=O) groups excluding carboxylic acids is 1. The monoisotopic (exact) mass is 597 g/mol. The third-order valence-corrected chi connectivity index (χ3v) is 6.89. The summed E-state index contributed by atoms with van der Waals surface area (Å²) >= 11 is 0. The standard InChI is InChI=1S/C32H29F2N7O3/c1-32(2,3)44-31(42)22-6-7-26-27(15-22)41(13-10-35)28(38-26)18-40-11-8-21(9-12-40)29-37-17-25(34)30(39-29)43-19-23-5-4-20(16-36)14-24(23)33/h4-8,14-15,17H,9,11-13,18-19H2,1-3H3. The van der Waals surface area contributed by atoms with E-state index in [0.29, 0.717) is 54.3 Å². The quantitative estimate of drug-likeness (QED) is 0.248. The molecule has 1 aliphatic rings. The van der Waals surface area contributed by atoms with Crippen LogP contribution in [-0.4, -0.2) is 49.1 Å². The number of imidazole rings is 1. The molecule has 0 fully saturated rings. The van der Waals surface area contributed by atoms with Gasteiger partial charge < -0.3 is 14.0 Å². The molecule has 0 aliphatic carbocycles. The van der Waals surface area contributed by atoms with E-state index in [0.717, 1.165) is 17.8 Å². The van der Waals surface area contributed by atoms with Crippen LogP contribution in [-0.2, 0) is 24.4 Å². The molecule has 0 saturated carbocycles. The number of fused-ring (bicyclic) bond motifs is 1. The Kier molecular flexibility index (Phi) is 8.65. The summed E-state index contributed by atoms with van der Waals surface area (Å²) in [7, 11) is 0. The number of ether oxygens (including phenoxy) is 2. The van der Waals surface area contributed by atoms with E-state index in [9.17, 15) is 18.8 Å². The van der Waals surface area contributed by atoms with E-state index in [2.05, 4.69) is 20.9 Å². The molecule has 0 amide bonds. The summed E-state index contributed by atoms with van der Waals surface area (Å²) < 4.78 is 41.4. The number of hydrogen-bond donors (Lipinski definition) is 0. The molecule has 1 aliphatic heterocycles. The summed E-state index contributed by atoms with van der Waals surface area (Å²) in [5.74, 6) is -1.14. The molecule has 3 heterocycles. The van der Waals surface area contributed by atoms with Crippen LogP contribution in [0, 0.1) is 34.3 Å².